The van der Waals surface area contributed by atoms with Crippen LogP contribution in [0, 0.1) is 0 Å². The number of benzene rings is 2. The largest absolute Gasteiger partial charge is 0.360 e. The molecule has 0 aliphatic heterocycles. The molecule has 0 aliphatic rings. The fourth-order valence-electron chi connectivity index (χ4n) is 2.99. The second-order valence-electron chi connectivity index (χ2n) is 6.56. The Morgan fingerprint density at radius 1 is 1.00 bits per heavy atom. The molecule has 28 heavy (non-hydrogen) atoms. The van der Waals surface area contributed by atoms with Gasteiger partial charge in [0.05, 0.1) is 14.9 Å². The van der Waals surface area contributed by atoms with Crippen molar-refractivity contribution in [2.75, 3.05) is 11.9 Å². The molecule has 2 aromatic carbocycles. The van der Waals surface area contributed by atoms with Gasteiger partial charge >= 0.3 is 0 Å². The molecule has 0 spiro atoms. The summed E-state index contributed by atoms with van der Waals surface area (Å²) in [5.41, 5.74) is 8.46. The van der Waals surface area contributed by atoms with E-state index in [2.05, 4.69) is 33.5 Å². The topological polar surface area (TPSA) is 63.8 Å². The maximum absolute atomic E-state index is 6.25. The highest BCUT2D eigenvalue weighted by Gasteiger charge is 2.09. The number of halogens is 2. The SMILES string of the molecule is N[C@@H](CNc1ncc(-c2ccc3cnccc3c2)s1)Cc1ccc(Cl)c(Cl)c1. The van der Waals surface area contributed by atoms with Crippen molar-refractivity contribution in [3.63, 3.8) is 0 Å². The first kappa shape index (κ1) is 19.2. The predicted octanol–water partition coefficient (Wildman–Crippen LogP) is 5.65. The molecule has 142 valence electrons. The van der Waals surface area contributed by atoms with Crippen molar-refractivity contribution in [1.29, 1.82) is 0 Å². The number of nitrogens with one attached hydrogen (secondary N) is 1. The van der Waals surface area contributed by atoms with Gasteiger partial charge in [0.25, 0.3) is 0 Å². The summed E-state index contributed by atoms with van der Waals surface area (Å²) >= 11 is 13.6. The first-order chi connectivity index (χ1) is 13.6. The molecule has 2 aromatic heterocycles. The zero-order valence-electron chi connectivity index (χ0n) is 14.9. The van der Waals surface area contributed by atoms with Crippen LogP contribution >= 0.6 is 34.5 Å². The Kier molecular flexibility index (Phi) is 5.78. The fourth-order valence-corrected chi connectivity index (χ4v) is 4.13. The summed E-state index contributed by atoms with van der Waals surface area (Å²) in [6, 6.07) is 13.9. The summed E-state index contributed by atoms with van der Waals surface area (Å²) < 4.78 is 0. The van der Waals surface area contributed by atoms with Gasteiger partial charge in [-0.1, -0.05) is 52.7 Å². The molecular weight excluding hydrogens is 411 g/mol. The standard InChI is InChI=1S/C21H18Cl2N4S/c22-18-4-1-13(8-19(18)23)7-17(24)11-26-21-27-12-20(28-21)15-2-3-16-10-25-6-5-14(16)9-15/h1-6,8-10,12,17H,7,11,24H2,(H,26,27)/t17-/m1/s1. The Morgan fingerprint density at radius 2 is 1.89 bits per heavy atom. The Morgan fingerprint density at radius 3 is 2.75 bits per heavy atom. The molecular formula is C21H18Cl2N4S. The first-order valence-corrected chi connectivity index (χ1v) is 10.4. The lowest BCUT2D eigenvalue weighted by Gasteiger charge is -2.12. The molecule has 0 saturated carbocycles. The van der Waals surface area contributed by atoms with Crippen LogP contribution in [0.4, 0.5) is 5.13 Å². The van der Waals surface area contributed by atoms with Gasteiger partial charge in [0.1, 0.15) is 0 Å². The summed E-state index contributed by atoms with van der Waals surface area (Å²) in [5.74, 6) is 0. The third-order valence-corrected chi connectivity index (χ3v) is 6.17. The number of pyridine rings is 1. The summed E-state index contributed by atoms with van der Waals surface area (Å²) in [5, 5.41) is 7.58. The molecule has 4 nitrogen and oxygen atoms in total. The van der Waals surface area contributed by atoms with Crippen LogP contribution in [0.5, 0.6) is 0 Å². The predicted molar refractivity (Wildman–Crippen MR) is 119 cm³/mol. The van der Waals surface area contributed by atoms with Gasteiger partial charge in [-0.3, -0.25) is 4.98 Å². The highest BCUT2D eigenvalue weighted by molar-refractivity contribution is 7.18. The number of hydrogen-bond acceptors (Lipinski definition) is 5. The lowest BCUT2D eigenvalue weighted by Crippen LogP contribution is -2.31. The molecule has 0 saturated heterocycles. The average Bonchev–Trinajstić information content (AvgIpc) is 3.18. The molecule has 0 radical (unpaired) electrons. The number of anilines is 1. The maximum atomic E-state index is 6.25. The number of rotatable bonds is 6. The van der Waals surface area contributed by atoms with Crippen LogP contribution in [0.3, 0.4) is 0 Å². The lowest BCUT2D eigenvalue weighted by atomic mass is 10.1. The number of hydrogen-bond donors (Lipinski definition) is 2. The van der Waals surface area contributed by atoms with Gasteiger partial charge in [-0.15, -0.1) is 0 Å². The second-order valence-corrected chi connectivity index (χ2v) is 8.41. The van der Waals surface area contributed by atoms with Crippen molar-refractivity contribution in [3.8, 4) is 10.4 Å². The van der Waals surface area contributed by atoms with Crippen molar-refractivity contribution in [3.05, 3.63) is 76.7 Å². The number of thiazole rings is 1. The van der Waals surface area contributed by atoms with E-state index in [1.807, 2.05) is 30.6 Å². The van der Waals surface area contributed by atoms with E-state index in [0.29, 0.717) is 23.0 Å². The Labute approximate surface area is 177 Å². The number of aromatic nitrogens is 2. The zero-order chi connectivity index (χ0) is 19.5. The van der Waals surface area contributed by atoms with Gasteiger partial charge in [-0.25, -0.2) is 4.98 Å². The number of nitrogens with two attached hydrogens (primary N) is 1. The van der Waals surface area contributed by atoms with Crippen molar-refractivity contribution in [1.82, 2.24) is 9.97 Å². The van der Waals surface area contributed by atoms with Crippen LogP contribution in [0.15, 0.2) is 61.1 Å². The van der Waals surface area contributed by atoms with Gasteiger partial charge in [0, 0.05) is 36.6 Å². The molecule has 2 heterocycles. The third kappa shape index (κ3) is 4.45. The monoisotopic (exact) mass is 428 g/mol. The molecule has 7 heteroatoms. The van der Waals surface area contributed by atoms with Gasteiger partial charge in [-0.2, -0.15) is 0 Å². The molecule has 0 unspecified atom stereocenters. The summed E-state index contributed by atoms with van der Waals surface area (Å²) in [4.78, 5) is 9.74. The number of nitrogens with zero attached hydrogens (tertiary/aromatic N) is 2. The summed E-state index contributed by atoms with van der Waals surface area (Å²) in [7, 11) is 0. The van der Waals surface area contributed by atoms with Crippen LogP contribution in [-0.4, -0.2) is 22.6 Å². The third-order valence-electron chi connectivity index (χ3n) is 4.43. The number of fused-ring (bicyclic) bond motifs is 1. The minimum atomic E-state index is -0.0576. The van der Waals surface area contributed by atoms with E-state index in [1.165, 1.54) is 5.39 Å². The van der Waals surface area contributed by atoms with Gasteiger partial charge < -0.3 is 11.1 Å². The molecule has 0 aliphatic carbocycles. The van der Waals surface area contributed by atoms with Gasteiger partial charge in [-0.05, 0) is 47.2 Å². The van der Waals surface area contributed by atoms with E-state index in [0.717, 1.165) is 26.5 Å². The van der Waals surface area contributed by atoms with Crippen LogP contribution in [0.2, 0.25) is 10.0 Å². The fraction of sp³-hybridized carbons (Fsp3) is 0.143. The molecule has 0 fully saturated rings. The van der Waals surface area contributed by atoms with Gasteiger partial charge in [0.2, 0.25) is 0 Å². The minimum Gasteiger partial charge on any atom is -0.360 e. The van der Waals surface area contributed by atoms with Crippen LogP contribution in [0.1, 0.15) is 5.56 Å². The Hall–Kier alpha value is -2.18. The van der Waals surface area contributed by atoms with Gasteiger partial charge in [0.15, 0.2) is 5.13 Å². The van der Waals surface area contributed by atoms with Crippen LogP contribution in [0.25, 0.3) is 21.2 Å². The summed E-state index contributed by atoms with van der Waals surface area (Å²) in [6.45, 7) is 0.622. The summed E-state index contributed by atoms with van der Waals surface area (Å²) in [6.07, 6.45) is 6.27. The Bertz CT molecular complexity index is 1110. The van der Waals surface area contributed by atoms with E-state index in [9.17, 15) is 0 Å². The lowest BCUT2D eigenvalue weighted by molar-refractivity contribution is 0.699. The van der Waals surface area contributed by atoms with Crippen molar-refractivity contribution in [2.24, 2.45) is 5.73 Å². The highest BCUT2D eigenvalue weighted by atomic mass is 35.5. The van der Waals surface area contributed by atoms with Crippen molar-refractivity contribution in [2.45, 2.75) is 12.5 Å². The highest BCUT2D eigenvalue weighted by Crippen LogP contribution is 2.31. The maximum Gasteiger partial charge on any atom is 0.183 e. The average molecular weight is 429 g/mol. The van der Waals surface area contributed by atoms with E-state index in [4.69, 9.17) is 28.9 Å². The second kappa shape index (κ2) is 8.45. The molecule has 4 aromatic rings. The van der Waals surface area contributed by atoms with E-state index in [1.54, 1.807) is 23.6 Å². The van der Waals surface area contributed by atoms with Crippen LogP contribution in [-0.2, 0) is 6.42 Å². The van der Waals surface area contributed by atoms with Crippen molar-refractivity contribution < 1.29 is 0 Å². The molecule has 4 rings (SSSR count). The molecule has 0 amide bonds. The molecule has 0 bridgehead atoms. The Balaban J connectivity index is 1.39. The van der Waals surface area contributed by atoms with E-state index < -0.39 is 0 Å². The molecule has 3 N–H and O–H groups in total. The first-order valence-electron chi connectivity index (χ1n) is 8.82. The van der Waals surface area contributed by atoms with E-state index in [-0.39, 0.29) is 6.04 Å². The van der Waals surface area contributed by atoms with E-state index >= 15 is 0 Å². The molecule has 1 atom stereocenters. The smallest absolute Gasteiger partial charge is 0.183 e. The van der Waals surface area contributed by atoms with Crippen LogP contribution < -0.4 is 11.1 Å². The van der Waals surface area contributed by atoms with Crippen molar-refractivity contribution >= 4 is 50.4 Å². The zero-order valence-corrected chi connectivity index (χ0v) is 17.2. The minimum absolute atomic E-state index is 0.0576. The normalized spacial score (nSPS) is 12.2. The quantitative estimate of drug-likeness (QED) is 0.416.